The van der Waals surface area contributed by atoms with E-state index in [1.165, 1.54) is 4.31 Å². The molecule has 22 heavy (non-hydrogen) atoms. The van der Waals surface area contributed by atoms with Crippen LogP contribution in [0.4, 0.5) is 0 Å². The summed E-state index contributed by atoms with van der Waals surface area (Å²) in [7, 11) is -3.58. The van der Waals surface area contributed by atoms with Gasteiger partial charge < -0.3 is 0 Å². The minimum atomic E-state index is -3.58. The summed E-state index contributed by atoms with van der Waals surface area (Å²) in [6.07, 6.45) is 2.02. The van der Waals surface area contributed by atoms with Crippen molar-refractivity contribution >= 4 is 16.0 Å². The van der Waals surface area contributed by atoms with Crippen LogP contribution in [-0.4, -0.2) is 37.6 Å². The van der Waals surface area contributed by atoms with Gasteiger partial charge in [-0.3, -0.25) is 4.79 Å². The van der Waals surface area contributed by atoms with E-state index in [9.17, 15) is 13.2 Å². The van der Waals surface area contributed by atoms with Gasteiger partial charge in [0.15, 0.2) is 5.78 Å². The standard InChI is InChI=1S/C16H24N2O3S/c1-4-9-17-22(20,21)18-10-5-6-15(18)16(19)14-11-12(2)7-8-13(14)3/h7-8,11,15,17H,4-6,9-10H2,1-3H3. The number of hydrogen-bond acceptors (Lipinski definition) is 3. The average Bonchev–Trinajstić information content (AvgIpc) is 2.97. The molecule has 1 atom stereocenters. The first kappa shape index (κ1) is 17.1. The summed E-state index contributed by atoms with van der Waals surface area (Å²) in [5.74, 6) is -0.0967. The molecule has 0 radical (unpaired) electrons. The van der Waals surface area contributed by atoms with Gasteiger partial charge in [-0.1, -0.05) is 24.6 Å². The van der Waals surface area contributed by atoms with Crippen molar-refractivity contribution < 1.29 is 13.2 Å². The molecule has 1 aliphatic rings. The highest BCUT2D eigenvalue weighted by Crippen LogP contribution is 2.25. The van der Waals surface area contributed by atoms with Crippen LogP contribution in [0.25, 0.3) is 0 Å². The number of Topliss-reactive ketones (excluding diaryl/α,β-unsaturated/α-hetero) is 1. The second-order valence-electron chi connectivity index (χ2n) is 5.85. The van der Waals surface area contributed by atoms with Gasteiger partial charge in [0.2, 0.25) is 0 Å². The van der Waals surface area contributed by atoms with E-state index in [4.69, 9.17) is 0 Å². The predicted octanol–water partition coefficient (Wildman–Crippen LogP) is 2.19. The van der Waals surface area contributed by atoms with E-state index < -0.39 is 16.3 Å². The normalized spacial score (nSPS) is 19.5. The number of nitrogens with zero attached hydrogens (tertiary/aromatic N) is 1. The third kappa shape index (κ3) is 3.56. The summed E-state index contributed by atoms with van der Waals surface area (Å²) in [5.41, 5.74) is 2.52. The highest BCUT2D eigenvalue weighted by atomic mass is 32.2. The topological polar surface area (TPSA) is 66.5 Å². The summed E-state index contributed by atoms with van der Waals surface area (Å²) in [4.78, 5) is 12.8. The number of carbonyl (C=O) groups is 1. The van der Waals surface area contributed by atoms with Crippen LogP contribution in [0.2, 0.25) is 0 Å². The van der Waals surface area contributed by atoms with Crippen molar-refractivity contribution in [2.75, 3.05) is 13.1 Å². The number of carbonyl (C=O) groups excluding carboxylic acids is 1. The van der Waals surface area contributed by atoms with E-state index >= 15 is 0 Å². The van der Waals surface area contributed by atoms with Crippen molar-refractivity contribution in [2.24, 2.45) is 0 Å². The minimum Gasteiger partial charge on any atom is -0.292 e. The monoisotopic (exact) mass is 324 g/mol. The van der Waals surface area contributed by atoms with Gasteiger partial charge in [0, 0.05) is 18.7 Å². The number of hydrogen-bond donors (Lipinski definition) is 1. The van der Waals surface area contributed by atoms with Gasteiger partial charge in [-0.05, 0) is 44.7 Å². The molecule has 0 spiro atoms. The lowest BCUT2D eigenvalue weighted by Gasteiger charge is -2.23. The van der Waals surface area contributed by atoms with E-state index in [0.717, 1.165) is 17.5 Å². The van der Waals surface area contributed by atoms with Crippen molar-refractivity contribution in [1.29, 1.82) is 0 Å². The second-order valence-corrected chi connectivity index (χ2v) is 7.56. The Morgan fingerprint density at radius 2 is 2.09 bits per heavy atom. The number of rotatable bonds is 6. The average molecular weight is 324 g/mol. The first-order valence-corrected chi connectivity index (χ1v) is 9.18. The third-order valence-corrected chi connectivity index (χ3v) is 5.63. The molecule has 1 aromatic carbocycles. The molecule has 1 saturated heterocycles. The van der Waals surface area contributed by atoms with Crippen molar-refractivity contribution in [3.8, 4) is 0 Å². The number of benzene rings is 1. The first-order valence-electron chi connectivity index (χ1n) is 7.74. The molecule has 0 aliphatic carbocycles. The molecule has 0 bridgehead atoms. The Hall–Kier alpha value is -1.24. The lowest BCUT2D eigenvalue weighted by molar-refractivity contribution is 0.0917. The zero-order chi connectivity index (χ0) is 16.3. The van der Waals surface area contributed by atoms with E-state index in [0.29, 0.717) is 31.5 Å². The van der Waals surface area contributed by atoms with Crippen LogP contribution >= 0.6 is 0 Å². The fourth-order valence-electron chi connectivity index (χ4n) is 2.78. The lowest BCUT2D eigenvalue weighted by atomic mass is 9.97. The third-order valence-electron chi connectivity index (χ3n) is 4.01. The summed E-state index contributed by atoms with van der Waals surface area (Å²) >= 11 is 0. The van der Waals surface area contributed by atoms with Gasteiger partial charge in [0.05, 0.1) is 6.04 Å². The lowest BCUT2D eigenvalue weighted by Crippen LogP contribution is -2.46. The molecule has 1 aliphatic heterocycles. The molecule has 0 amide bonds. The number of nitrogens with one attached hydrogen (secondary N) is 1. The zero-order valence-electron chi connectivity index (χ0n) is 13.4. The van der Waals surface area contributed by atoms with Crippen LogP contribution < -0.4 is 4.72 Å². The van der Waals surface area contributed by atoms with Gasteiger partial charge in [-0.2, -0.15) is 12.7 Å². The van der Waals surface area contributed by atoms with Gasteiger partial charge in [-0.15, -0.1) is 0 Å². The molecule has 0 saturated carbocycles. The molecular formula is C16H24N2O3S. The molecule has 1 aromatic rings. The molecule has 1 N–H and O–H groups in total. The summed E-state index contributed by atoms with van der Waals surface area (Å²) < 4.78 is 28.6. The summed E-state index contributed by atoms with van der Waals surface area (Å²) in [6, 6.07) is 5.12. The van der Waals surface area contributed by atoms with Gasteiger partial charge in [0.25, 0.3) is 10.2 Å². The van der Waals surface area contributed by atoms with Crippen LogP contribution in [-0.2, 0) is 10.2 Å². The molecule has 1 fully saturated rings. The molecule has 1 heterocycles. The Kier molecular flexibility index (Phi) is 5.36. The van der Waals surface area contributed by atoms with Gasteiger partial charge >= 0.3 is 0 Å². The Morgan fingerprint density at radius 1 is 1.36 bits per heavy atom. The minimum absolute atomic E-state index is 0.0967. The van der Waals surface area contributed by atoms with Crippen LogP contribution in [0.15, 0.2) is 18.2 Å². The maximum atomic E-state index is 12.8. The maximum absolute atomic E-state index is 12.8. The Labute approximate surface area is 132 Å². The van der Waals surface area contributed by atoms with E-state index in [2.05, 4.69) is 4.72 Å². The first-order chi connectivity index (χ1) is 10.4. The second kappa shape index (κ2) is 6.89. The van der Waals surface area contributed by atoms with Crippen LogP contribution in [0.1, 0.15) is 47.7 Å². The van der Waals surface area contributed by atoms with Crippen molar-refractivity contribution in [3.05, 3.63) is 34.9 Å². The summed E-state index contributed by atoms with van der Waals surface area (Å²) in [6.45, 7) is 6.52. The van der Waals surface area contributed by atoms with Gasteiger partial charge in [0.1, 0.15) is 0 Å². The fourth-order valence-corrected chi connectivity index (χ4v) is 4.32. The Balaban J connectivity index is 2.27. The predicted molar refractivity (Wildman–Crippen MR) is 87.2 cm³/mol. The highest BCUT2D eigenvalue weighted by molar-refractivity contribution is 7.87. The molecular weight excluding hydrogens is 300 g/mol. The molecule has 122 valence electrons. The van der Waals surface area contributed by atoms with Crippen LogP contribution in [0.5, 0.6) is 0 Å². The van der Waals surface area contributed by atoms with Crippen LogP contribution in [0.3, 0.4) is 0 Å². The Morgan fingerprint density at radius 3 is 2.77 bits per heavy atom. The molecule has 6 heteroatoms. The quantitative estimate of drug-likeness (QED) is 0.816. The number of aryl methyl sites for hydroxylation is 2. The van der Waals surface area contributed by atoms with E-state index in [1.807, 2.05) is 39.0 Å². The molecule has 1 unspecified atom stereocenters. The SMILES string of the molecule is CCCNS(=O)(=O)N1CCCC1C(=O)c1cc(C)ccc1C. The van der Waals surface area contributed by atoms with Crippen molar-refractivity contribution in [1.82, 2.24) is 9.03 Å². The summed E-state index contributed by atoms with van der Waals surface area (Å²) in [5, 5.41) is 0. The van der Waals surface area contributed by atoms with Gasteiger partial charge in [-0.25, -0.2) is 4.72 Å². The highest BCUT2D eigenvalue weighted by Gasteiger charge is 2.38. The Bertz CT molecular complexity index is 655. The number of ketones is 1. The van der Waals surface area contributed by atoms with Crippen molar-refractivity contribution in [2.45, 2.75) is 46.1 Å². The van der Waals surface area contributed by atoms with E-state index in [-0.39, 0.29) is 5.78 Å². The van der Waals surface area contributed by atoms with E-state index in [1.54, 1.807) is 0 Å². The largest absolute Gasteiger partial charge is 0.292 e. The fraction of sp³-hybridized carbons (Fsp3) is 0.562. The molecule has 2 rings (SSSR count). The smallest absolute Gasteiger partial charge is 0.280 e. The zero-order valence-corrected chi connectivity index (χ0v) is 14.2. The van der Waals surface area contributed by atoms with Crippen molar-refractivity contribution in [3.63, 3.8) is 0 Å². The molecule has 0 aromatic heterocycles. The molecule has 5 nitrogen and oxygen atoms in total. The maximum Gasteiger partial charge on any atom is 0.280 e. The van der Waals surface area contributed by atoms with Crippen LogP contribution in [0, 0.1) is 13.8 Å².